The second-order valence-corrected chi connectivity index (χ2v) is 7.09. The number of esters is 1. The number of aryl methyl sites for hydroxylation is 1. The summed E-state index contributed by atoms with van der Waals surface area (Å²) in [5.41, 5.74) is 2.59. The summed E-state index contributed by atoms with van der Waals surface area (Å²) >= 11 is 1.34. The van der Waals surface area contributed by atoms with Gasteiger partial charge in [-0.05, 0) is 38.5 Å². The number of amides is 1. The molecular weight excluding hydrogens is 334 g/mol. The van der Waals surface area contributed by atoms with E-state index in [0.29, 0.717) is 5.56 Å². The van der Waals surface area contributed by atoms with Gasteiger partial charge in [0.05, 0.1) is 11.3 Å². The quantitative estimate of drug-likeness (QED) is 0.602. The number of hydrogen-bond acceptors (Lipinski definition) is 4. The number of carbonyl (C=O) groups is 2. The van der Waals surface area contributed by atoms with Crippen LogP contribution in [0.25, 0.3) is 0 Å². The number of benzene rings is 2. The highest BCUT2D eigenvalue weighted by molar-refractivity contribution is 8.00. The van der Waals surface area contributed by atoms with Crippen molar-refractivity contribution in [2.75, 3.05) is 5.75 Å². The highest BCUT2D eigenvalue weighted by Gasteiger charge is 2.14. The fourth-order valence-corrected chi connectivity index (χ4v) is 3.03. The van der Waals surface area contributed by atoms with E-state index in [9.17, 15) is 9.59 Å². The molecular formula is C20H23NO3S. The molecule has 5 heteroatoms. The second-order valence-electron chi connectivity index (χ2n) is 6.07. The largest absolute Gasteiger partial charge is 0.457 e. The molecule has 0 heterocycles. The summed E-state index contributed by atoms with van der Waals surface area (Å²) in [7, 11) is 0. The van der Waals surface area contributed by atoms with Crippen molar-refractivity contribution in [3.63, 3.8) is 0 Å². The fourth-order valence-electron chi connectivity index (χ4n) is 2.18. The third-order valence-electron chi connectivity index (χ3n) is 3.41. The van der Waals surface area contributed by atoms with Crippen LogP contribution in [0.3, 0.4) is 0 Å². The van der Waals surface area contributed by atoms with Crippen LogP contribution in [0.15, 0.2) is 53.4 Å². The monoisotopic (exact) mass is 357 g/mol. The smallest absolute Gasteiger partial charge is 0.339 e. The van der Waals surface area contributed by atoms with E-state index in [1.807, 2.05) is 57.2 Å². The van der Waals surface area contributed by atoms with E-state index < -0.39 is 0 Å². The van der Waals surface area contributed by atoms with Crippen molar-refractivity contribution in [2.45, 2.75) is 38.3 Å². The van der Waals surface area contributed by atoms with E-state index >= 15 is 0 Å². The topological polar surface area (TPSA) is 55.4 Å². The molecule has 0 aliphatic carbocycles. The summed E-state index contributed by atoms with van der Waals surface area (Å²) in [4.78, 5) is 24.9. The molecule has 0 spiro atoms. The van der Waals surface area contributed by atoms with Crippen LogP contribution in [0.2, 0.25) is 0 Å². The van der Waals surface area contributed by atoms with Crippen LogP contribution >= 0.6 is 11.8 Å². The molecule has 1 N–H and O–H groups in total. The van der Waals surface area contributed by atoms with Gasteiger partial charge in [0.15, 0.2) is 0 Å². The SMILES string of the molecule is Cc1ccc(COC(=O)c2ccccc2SCC(=O)NC(C)C)cc1. The molecule has 0 aromatic heterocycles. The van der Waals surface area contributed by atoms with Gasteiger partial charge < -0.3 is 10.1 Å². The Labute approximate surface area is 153 Å². The maximum atomic E-state index is 12.4. The molecule has 0 aliphatic heterocycles. The van der Waals surface area contributed by atoms with Crippen molar-refractivity contribution < 1.29 is 14.3 Å². The van der Waals surface area contributed by atoms with Gasteiger partial charge in [-0.25, -0.2) is 4.79 Å². The van der Waals surface area contributed by atoms with Crippen LogP contribution in [0.1, 0.15) is 35.3 Å². The third kappa shape index (κ3) is 6.27. The molecule has 132 valence electrons. The molecule has 25 heavy (non-hydrogen) atoms. The predicted octanol–water partition coefficient (Wildman–Crippen LogP) is 3.97. The summed E-state index contributed by atoms with van der Waals surface area (Å²) in [6, 6.07) is 15.2. The minimum atomic E-state index is -0.382. The van der Waals surface area contributed by atoms with Crippen LogP contribution in [0.4, 0.5) is 0 Å². The Bertz CT molecular complexity index is 726. The molecule has 1 amide bonds. The molecule has 4 nitrogen and oxygen atoms in total. The van der Waals surface area contributed by atoms with Gasteiger partial charge in [-0.1, -0.05) is 42.0 Å². The maximum absolute atomic E-state index is 12.4. The van der Waals surface area contributed by atoms with Gasteiger partial charge in [-0.3, -0.25) is 4.79 Å². The van der Waals surface area contributed by atoms with Crippen LogP contribution in [0, 0.1) is 6.92 Å². The average Bonchev–Trinajstić information content (AvgIpc) is 2.59. The molecule has 0 bridgehead atoms. The van der Waals surface area contributed by atoms with E-state index in [4.69, 9.17) is 4.74 Å². The number of thioether (sulfide) groups is 1. The summed E-state index contributed by atoms with van der Waals surface area (Å²) < 4.78 is 5.41. The number of nitrogens with one attached hydrogen (secondary N) is 1. The minimum absolute atomic E-state index is 0.0529. The highest BCUT2D eigenvalue weighted by atomic mass is 32.2. The first-order valence-corrected chi connectivity index (χ1v) is 9.18. The van der Waals surface area contributed by atoms with E-state index in [-0.39, 0.29) is 30.3 Å². The Morgan fingerprint density at radius 3 is 2.44 bits per heavy atom. The van der Waals surface area contributed by atoms with E-state index in [2.05, 4.69) is 5.32 Å². The van der Waals surface area contributed by atoms with Gasteiger partial charge in [-0.2, -0.15) is 0 Å². The van der Waals surface area contributed by atoms with Crippen molar-refractivity contribution in [3.05, 3.63) is 65.2 Å². The lowest BCUT2D eigenvalue weighted by atomic mass is 10.2. The molecule has 2 aromatic carbocycles. The average molecular weight is 357 g/mol. The lowest BCUT2D eigenvalue weighted by molar-refractivity contribution is -0.119. The van der Waals surface area contributed by atoms with E-state index in [1.54, 1.807) is 12.1 Å². The standard InChI is InChI=1S/C20H23NO3S/c1-14(2)21-19(22)13-25-18-7-5-4-6-17(18)20(23)24-12-16-10-8-15(3)9-11-16/h4-11,14H,12-13H2,1-3H3,(H,21,22). The summed E-state index contributed by atoms with van der Waals surface area (Å²) in [5, 5.41) is 2.84. The molecule has 2 rings (SSSR count). The van der Waals surface area contributed by atoms with Crippen LogP contribution in [-0.2, 0) is 16.1 Å². The number of ether oxygens (including phenoxy) is 1. The summed E-state index contributed by atoms with van der Waals surface area (Å²) in [6.45, 7) is 6.07. The van der Waals surface area contributed by atoms with Crippen molar-refractivity contribution in [2.24, 2.45) is 0 Å². The Morgan fingerprint density at radius 1 is 1.08 bits per heavy atom. The summed E-state index contributed by atoms with van der Waals surface area (Å²) in [5.74, 6) is -0.170. The lowest BCUT2D eigenvalue weighted by Crippen LogP contribution is -2.31. The molecule has 0 saturated heterocycles. The van der Waals surface area contributed by atoms with Gasteiger partial charge in [0.1, 0.15) is 6.61 Å². The first-order valence-electron chi connectivity index (χ1n) is 8.19. The van der Waals surface area contributed by atoms with Crippen molar-refractivity contribution >= 4 is 23.6 Å². The van der Waals surface area contributed by atoms with Gasteiger partial charge >= 0.3 is 5.97 Å². The van der Waals surface area contributed by atoms with Gasteiger partial charge in [0.25, 0.3) is 0 Å². The van der Waals surface area contributed by atoms with E-state index in [0.717, 1.165) is 16.0 Å². The lowest BCUT2D eigenvalue weighted by Gasteiger charge is -2.11. The molecule has 0 radical (unpaired) electrons. The molecule has 0 aliphatic rings. The number of rotatable bonds is 7. The third-order valence-corrected chi connectivity index (χ3v) is 4.48. The van der Waals surface area contributed by atoms with Crippen LogP contribution in [0.5, 0.6) is 0 Å². The molecule has 0 atom stereocenters. The zero-order valence-electron chi connectivity index (χ0n) is 14.7. The van der Waals surface area contributed by atoms with Crippen molar-refractivity contribution in [1.29, 1.82) is 0 Å². The van der Waals surface area contributed by atoms with Crippen LogP contribution in [-0.4, -0.2) is 23.7 Å². The van der Waals surface area contributed by atoms with Gasteiger partial charge in [-0.15, -0.1) is 11.8 Å². The van der Waals surface area contributed by atoms with E-state index in [1.165, 1.54) is 11.8 Å². The van der Waals surface area contributed by atoms with Gasteiger partial charge in [0, 0.05) is 10.9 Å². The second kappa shape index (κ2) is 9.28. The number of hydrogen-bond donors (Lipinski definition) is 1. The molecule has 2 aromatic rings. The van der Waals surface area contributed by atoms with Gasteiger partial charge in [0.2, 0.25) is 5.91 Å². The Balaban J connectivity index is 1.97. The molecule has 0 unspecified atom stereocenters. The highest BCUT2D eigenvalue weighted by Crippen LogP contribution is 2.23. The predicted molar refractivity (Wildman–Crippen MR) is 101 cm³/mol. The first kappa shape index (κ1) is 19.1. The molecule has 0 fully saturated rings. The summed E-state index contributed by atoms with van der Waals surface area (Å²) in [6.07, 6.45) is 0. The van der Waals surface area contributed by atoms with Crippen molar-refractivity contribution in [3.8, 4) is 0 Å². The zero-order valence-corrected chi connectivity index (χ0v) is 15.6. The van der Waals surface area contributed by atoms with Crippen LogP contribution < -0.4 is 5.32 Å². The Morgan fingerprint density at radius 2 is 1.76 bits per heavy atom. The fraction of sp³-hybridized carbons (Fsp3) is 0.300. The normalized spacial score (nSPS) is 10.6. The van der Waals surface area contributed by atoms with Crippen molar-refractivity contribution in [1.82, 2.24) is 5.32 Å². The first-order chi connectivity index (χ1) is 12.0. The maximum Gasteiger partial charge on any atom is 0.339 e. The molecule has 0 saturated carbocycles. The Hall–Kier alpha value is -2.27. The Kier molecular flexibility index (Phi) is 7.07. The zero-order chi connectivity index (χ0) is 18.2. The minimum Gasteiger partial charge on any atom is -0.457 e. The number of carbonyl (C=O) groups excluding carboxylic acids is 2.